The molecule has 0 aromatic heterocycles. The van der Waals surface area contributed by atoms with Crippen LogP contribution < -0.4 is 10.6 Å². The molecule has 3 N–H and O–H groups in total. The van der Waals surface area contributed by atoms with E-state index in [1.54, 1.807) is 12.1 Å². The number of carbonyl (C=O) groups excluding carboxylic acids is 1. The van der Waals surface area contributed by atoms with Gasteiger partial charge in [0.25, 0.3) is 0 Å². The third kappa shape index (κ3) is 4.74. The molecule has 2 amide bonds. The van der Waals surface area contributed by atoms with Gasteiger partial charge >= 0.3 is 12.0 Å². The average molecular weight is 299 g/mol. The molecule has 0 aliphatic carbocycles. The number of hydrogen-bond donors (Lipinski definition) is 3. The standard InChI is InChI=1S/C14H19ClN2O3/c1-8(2)11(7-12(18)19)16-14(20)17-13-9(3)5-4-6-10(13)15/h4-6,8,11H,7H2,1-3H3,(H,18,19)(H2,16,17,20). The number of urea groups is 1. The van der Waals surface area contributed by atoms with Crippen molar-refractivity contribution < 1.29 is 14.7 Å². The fourth-order valence-electron chi connectivity index (χ4n) is 1.75. The molecule has 0 heterocycles. The molecule has 20 heavy (non-hydrogen) atoms. The van der Waals surface area contributed by atoms with Crippen molar-refractivity contribution in [1.82, 2.24) is 5.32 Å². The van der Waals surface area contributed by atoms with Crippen LogP contribution in [-0.4, -0.2) is 23.1 Å². The fourth-order valence-corrected chi connectivity index (χ4v) is 2.02. The van der Waals surface area contributed by atoms with E-state index in [0.717, 1.165) is 5.56 Å². The van der Waals surface area contributed by atoms with Gasteiger partial charge in [0.15, 0.2) is 0 Å². The Morgan fingerprint density at radius 2 is 2.00 bits per heavy atom. The molecule has 1 atom stereocenters. The molecule has 0 spiro atoms. The van der Waals surface area contributed by atoms with E-state index < -0.39 is 18.0 Å². The smallest absolute Gasteiger partial charge is 0.319 e. The average Bonchev–Trinajstić information content (AvgIpc) is 2.32. The first-order chi connectivity index (χ1) is 9.31. The molecule has 0 bridgehead atoms. The summed E-state index contributed by atoms with van der Waals surface area (Å²) >= 11 is 6.02. The number of carboxylic acid groups (broad SMARTS) is 1. The lowest BCUT2D eigenvalue weighted by atomic mass is 10.0. The molecule has 6 heteroatoms. The number of anilines is 1. The van der Waals surface area contributed by atoms with Crippen LogP contribution in [0.15, 0.2) is 18.2 Å². The number of hydrogen-bond acceptors (Lipinski definition) is 2. The molecule has 0 aliphatic heterocycles. The molecular formula is C14H19ClN2O3. The summed E-state index contributed by atoms with van der Waals surface area (Å²) in [6.45, 7) is 5.54. The molecule has 1 rings (SSSR count). The van der Waals surface area contributed by atoms with Gasteiger partial charge in [0.05, 0.1) is 17.1 Å². The van der Waals surface area contributed by atoms with Crippen LogP contribution in [0.3, 0.4) is 0 Å². The van der Waals surface area contributed by atoms with Crippen LogP contribution in [-0.2, 0) is 4.79 Å². The molecule has 1 aromatic rings. The van der Waals surface area contributed by atoms with E-state index >= 15 is 0 Å². The SMILES string of the molecule is Cc1cccc(Cl)c1NC(=O)NC(CC(=O)O)C(C)C. The summed E-state index contributed by atoms with van der Waals surface area (Å²) in [6, 6.07) is 4.42. The van der Waals surface area contributed by atoms with Crippen LogP contribution in [0.2, 0.25) is 5.02 Å². The number of carbonyl (C=O) groups is 2. The lowest BCUT2D eigenvalue weighted by Gasteiger charge is -2.21. The minimum Gasteiger partial charge on any atom is -0.481 e. The summed E-state index contributed by atoms with van der Waals surface area (Å²) < 4.78 is 0. The highest BCUT2D eigenvalue weighted by Crippen LogP contribution is 2.25. The van der Waals surface area contributed by atoms with E-state index in [2.05, 4.69) is 10.6 Å². The Kier molecular flexibility index (Phi) is 5.82. The number of aliphatic carboxylic acids is 1. The number of rotatable bonds is 5. The van der Waals surface area contributed by atoms with E-state index in [-0.39, 0.29) is 12.3 Å². The normalized spacial score (nSPS) is 12.1. The Morgan fingerprint density at radius 1 is 1.35 bits per heavy atom. The fraction of sp³-hybridized carbons (Fsp3) is 0.429. The second-order valence-electron chi connectivity index (χ2n) is 4.98. The van der Waals surface area contributed by atoms with Gasteiger partial charge in [0.1, 0.15) is 0 Å². The second-order valence-corrected chi connectivity index (χ2v) is 5.39. The van der Waals surface area contributed by atoms with Crippen LogP contribution in [0.25, 0.3) is 0 Å². The van der Waals surface area contributed by atoms with E-state index in [1.165, 1.54) is 0 Å². The first kappa shape index (κ1) is 16.3. The molecule has 110 valence electrons. The number of aryl methyl sites for hydroxylation is 1. The van der Waals surface area contributed by atoms with Gasteiger partial charge in [-0.2, -0.15) is 0 Å². The summed E-state index contributed by atoms with van der Waals surface area (Å²) in [7, 11) is 0. The molecular weight excluding hydrogens is 280 g/mol. The first-order valence-corrected chi connectivity index (χ1v) is 6.73. The first-order valence-electron chi connectivity index (χ1n) is 6.35. The third-order valence-corrected chi connectivity index (χ3v) is 3.29. The predicted octanol–water partition coefficient (Wildman–Crippen LogP) is 3.27. The number of carboxylic acids is 1. The zero-order valence-electron chi connectivity index (χ0n) is 11.7. The maximum atomic E-state index is 11.9. The van der Waals surface area contributed by atoms with Crippen molar-refractivity contribution in [3.8, 4) is 0 Å². The van der Waals surface area contributed by atoms with Crippen molar-refractivity contribution in [2.24, 2.45) is 5.92 Å². The van der Waals surface area contributed by atoms with Gasteiger partial charge in [-0.15, -0.1) is 0 Å². The number of halogens is 1. The van der Waals surface area contributed by atoms with Crippen LogP contribution >= 0.6 is 11.6 Å². The lowest BCUT2D eigenvalue weighted by molar-refractivity contribution is -0.137. The third-order valence-electron chi connectivity index (χ3n) is 2.98. The Bertz CT molecular complexity index is 483. The molecule has 0 saturated carbocycles. The number of para-hydroxylation sites is 1. The minimum atomic E-state index is -0.946. The summed E-state index contributed by atoms with van der Waals surface area (Å²) in [6.07, 6.45) is -0.118. The van der Waals surface area contributed by atoms with Crippen LogP contribution in [0, 0.1) is 12.8 Å². The molecule has 1 unspecified atom stereocenters. The number of amides is 2. The van der Waals surface area contributed by atoms with Gasteiger partial charge in [-0.05, 0) is 24.5 Å². The van der Waals surface area contributed by atoms with E-state index in [9.17, 15) is 9.59 Å². The van der Waals surface area contributed by atoms with E-state index in [0.29, 0.717) is 10.7 Å². The highest BCUT2D eigenvalue weighted by atomic mass is 35.5. The summed E-state index contributed by atoms with van der Waals surface area (Å²) in [5.74, 6) is -0.929. The lowest BCUT2D eigenvalue weighted by Crippen LogP contribution is -2.42. The predicted molar refractivity (Wildman–Crippen MR) is 79.2 cm³/mol. The van der Waals surface area contributed by atoms with Crippen molar-refractivity contribution >= 4 is 29.3 Å². The van der Waals surface area contributed by atoms with Crippen molar-refractivity contribution in [2.45, 2.75) is 33.2 Å². The quantitative estimate of drug-likeness (QED) is 0.780. The van der Waals surface area contributed by atoms with Crippen molar-refractivity contribution in [3.63, 3.8) is 0 Å². The van der Waals surface area contributed by atoms with Gasteiger partial charge in [-0.1, -0.05) is 37.6 Å². The molecule has 1 aromatic carbocycles. The molecule has 0 aliphatic rings. The van der Waals surface area contributed by atoms with E-state index in [1.807, 2.05) is 26.8 Å². The van der Waals surface area contributed by atoms with Crippen molar-refractivity contribution in [2.75, 3.05) is 5.32 Å². The van der Waals surface area contributed by atoms with Gasteiger partial charge < -0.3 is 15.7 Å². The Balaban J connectivity index is 2.73. The summed E-state index contributed by atoms with van der Waals surface area (Å²) in [5.41, 5.74) is 1.37. The summed E-state index contributed by atoms with van der Waals surface area (Å²) in [4.78, 5) is 22.7. The Hall–Kier alpha value is -1.75. The van der Waals surface area contributed by atoms with Crippen LogP contribution in [0.4, 0.5) is 10.5 Å². The minimum absolute atomic E-state index is 0.0178. The molecule has 0 radical (unpaired) electrons. The zero-order chi connectivity index (χ0) is 15.3. The van der Waals surface area contributed by atoms with Crippen molar-refractivity contribution in [1.29, 1.82) is 0 Å². The van der Waals surface area contributed by atoms with Crippen molar-refractivity contribution in [3.05, 3.63) is 28.8 Å². The van der Waals surface area contributed by atoms with Crippen LogP contribution in [0.1, 0.15) is 25.8 Å². The zero-order valence-corrected chi connectivity index (χ0v) is 12.5. The highest BCUT2D eigenvalue weighted by Gasteiger charge is 2.20. The maximum absolute atomic E-state index is 11.9. The molecule has 0 fully saturated rings. The largest absolute Gasteiger partial charge is 0.481 e. The van der Waals surface area contributed by atoms with Gasteiger partial charge in [0.2, 0.25) is 0 Å². The monoisotopic (exact) mass is 298 g/mol. The maximum Gasteiger partial charge on any atom is 0.319 e. The Morgan fingerprint density at radius 3 is 2.50 bits per heavy atom. The van der Waals surface area contributed by atoms with Gasteiger partial charge in [-0.3, -0.25) is 4.79 Å². The number of nitrogens with one attached hydrogen (secondary N) is 2. The van der Waals surface area contributed by atoms with Gasteiger partial charge in [0, 0.05) is 6.04 Å². The molecule has 5 nitrogen and oxygen atoms in total. The second kappa shape index (κ2) is 7.14. The van der Waals surface area contributed by atoms with Gasteiger partial charge in [-0.25, -0.2) is 4.79 Å². The summed E-state index contributed by atoms with van der Waals surface area (Å²) in [5, 5.41) is 14.6. The Labute approximate surface area is 123 Å². The van der Waals surface area contributed by atoms with E-state index in [4.69, 9.17) is 16.7 Å². The highest BCUT2D eigenvalue weighted by molar-refractivity contribution is 6.33. The molecule has 0 saturated heterocycles. The van der Waals surface area contributed by atoms with Crippen LogP contribution in [0.5, 0.6) is 0 Å². The topological polar surface area (TPSA) is 78.4 Å². The number of benzene rings is 1.